The smallest absolute Gasteiger partial charge is 0.146 e. The summed E-state index contributed by atoms with van der Waals surface area (Å²) in [6.07, 6.45) is 1.83. The van der Waals surface area contributed by atoms with Crippen LogP contribution < -0.4 is 10.6 Å². The third kappa shape index (κ3) is 3.32. The number of hydrogen-bond acceptors (Lipinski definition) is 5. The first-order valence-corrected chi connectivity index (χ1v) is 5.58. The molecule has 1 aromatic heterocycles. The lowest BCUT2D eigenvalue weighted by molar-refractivity contribution is 0.183. The van der Waals surface area contributed by atoms with E-state index < -0.39 is 0 Å². The fourth-order valence-corrected chi connectivity index (χ4v) is 1.57. The highest BCUT2D eigenvalue weighted by Gasteiger charge is 2.08. The molecule has 0 radical (unpaired) electrons. The summed E-state index contributed by atoms with van der Waals surface area (Å²) >= 11 is 3.38. The van der Waals surface area contributed by atoms with Crippen molar-refractivity contribution in [3.8, 4) is 0 Å². The molecule has 0 saturated carbocycles. The van der Waals surface area contributed by atoms with E-state index in [1.807, 2.05) is 6.92 Å². The lowest BCUT2D eigenvalue weighted by Gasteiger charge is -2.12. The Morgan fingerprint density at radius 2 is 2.13 bits per heavy atom. The van der Waals surface area contributed by atoms with Crippen molar-refractivity contribution in [1.29, 1.82) is 0 Å². The number of nitrogens with one attached hydrogen (secondary N) is 2. The molecule has 1 heterocycles. The monoisotopic (exact) mass is 274 g/mol. The SMILES string of the molecule is CCC(O)CNc1ncnc(NC)c1Br. The Hall–Kier alpha value is -0.880. The first-order chi connectivity index (χ1) is 7.19. The molecule has 0 bridgehead atoms. The van der Waals surface area contributed by atoms with Crippen LogP contribution in [0.4, 0.5) is 11.6 Å². The highest BCUT2D eigenvalue weighted by atomic mass is 79.9. The van der Waals surface area contributed by atoms with Crippen LogP contribution in [0.25, 0.3) is 0 Å². The minimum Gasteiger partial charge on any atom is -0.391 e. The van der Waals surface area contributed by atoms with Crippen LogP contribution in [0.15, 0.2) is 10.8 Å². The molecule has 3 N–H and O–H groups in total. The number of aromatic nitrogens is 2. The van der Waals surface area contributed by atoms with E-state index in [0.717, 1.165) is 10.3 Å². The molecule has 84 valence electrons. The van der Waals surface area contributed by atoms with Crippen LogP contribution in [0.3, 0.4) is 0 Å². The Morgan fingerprint density at radius 1 is 1.47 bits per heavy atom. The maximum Gasteiger partial charge on any atom is 0.146 e. The number of hydrogen-bond donors (Lipinski definition) is 3. The Morgan fingerprint density at radius 3 is 2.73 bits per heavy atom. The summed E-state index contributed by atoms with van der Waals surface area (Å²) in [6.45, 7) is 2.41. The molecule has 0 aliphatic carbocycles. The minimum atomic E-state index is -0.357. The summed E-state index contributed by atoms with van der Waals surface area (Å²) < 4.78 is 0.774. The molecule has 15 heavy (non-hydrogen) atoms. The molecule has 1 unspecified atom stereocenters. The molecular weight excluding hydrogens is 260 g/mol. The molecule has 1 atom stereocenters. The van der Waals surface area contributed by atoms with E-state index in [9.17, 15) is 5.11 Å². The molecule has 5 nitrogen and oxygen atoms in total. The minimum absolute atomic E-state index is 0.357. The lowest BCUT2D eigenvalue weighted by Crippen LogP contribution is -2.19. The van der Waals surface area contributed by atoms with E-state index in [4.69, 9.17) is 0 Å². The quantitative estimate of drug-likeness (QED) is 0.759. The zero-order valence-corrected chi connectivity index (χ0v) is 10.4. The van der Waals surface area contributed by atoms with E-state index in [1.165, 1.54) is 6.33 Å². The second kappa shape index (κ2) is 5.87. The zero-order chi connectivity index (χ0) is 11.3. The number of aliphatic hydroxyl groups is 1. The van der Waals surface area contributed by atoms with Crippen LogP contribution in [0.5, 0.6) is 0 Å². The number of nitrogens with zero attached hydrogens (tertiary/aromatic N) is 2. The van der Waals surface area contributed by atoms with Crippen molar-refractivity contribution < 1.29 is 5.11 Å². The highest BCUT2D eigenvalue weighted by molar-refractivity contribution is 9.10. The van der Waals surface area contributed by atoms with Gasteiger partial charge in [-0.25, -0.2) is 9.97 Å². The summed E-state index contributed by atoms with van der Waals surface area (Å²) in [7, 11) is 1.79. The van der Waals surface area contributed by atoms with Gasteiger partial charge < -0.3 is 15.7 Å². The first kappa shape index (κ1) is 12.2. The lowest BCUT2D eigenvalue weighted by atomic mass is 10.3. The third-order valence-electron chi connectivity index (χ3n) is 2.00. The van der Waals surface area contributed by atoms with Crippen LogP contribution in [0, 0.1) is 0 Å². The van der Waals surface area contributed by atoms with Crippen LogP contribution in [-0.2, 0) is 0 Å². The molecule has 0 saturated heterocycles. The van der Waals surface area contributed by atoms with Crippen molar-refractivity contribution in [3.05, 3.63) is 10.8 Å². The summed E-state index contributed by atoms with van der Waals surface area (Å²) in [4.78, 5) is 8.11. The standard InChI is InChI=1S/C9H15BrN4O/c1-3-6(15)4-12-9-7(10)8(11-2)13-5-14-9/h5-6,15H,3-4H2,1-2H3,(H2,11,12,13,14). The molecule has 0 amide bonds. The van der Waals surface area contributed by atoms with Crippen LogP contribution in [0.2, 0.25) is 0 Å². The van der Waals surface area contributed by atoms with Gasteiger partial charge in [-0.2, -0.15) is 0 Å². The van der Waals surface area contributed by atoms with E-state index >= 15 is 0 Å². The molecular formula is C9H15BrN4O. The predicted octanol–water partition coefficient (Wildman–Crippen LogP) is 1.46. The second-order valence-corrected chi connectivity index (χ2v) is 3.87. The fourth-order valence-electron chi connectivity index (χ4n) is 1.03. The average molecular weight is 275 g/mol. The summed E-state index contributed by atoms with van der Waals surface area (Å²) in [6, 6.07) is 0. The van der Waals surface area contributed by atoms with Gasteiger partial charge in [-0.3, -0.25) is 0 Å². The number of rotatable bonds is 5. The van der Waals surface area contributed by atoms with E-state index in [-0.39, 0.29) is 6.10 Å². The van der Waals surface area contributed by atoms with Crippen molar-refractivity contribution in [2.24, 2.45) is 0 Å². The molecule has 1 rings (SSSR count). The van der Waals surface area contributed by atoms with Gasteiger partial charge in [-0.1, -0.05) is 6.92 Å². The molecule has 0 fully saturated rings. The van der Waals surface area contributed by atoms with E-state index in [1.54, 1.807) is 7.05 Å². The Kier molecular flexibility index (Phi) is 4.77. The van der Waals surface area contributed by atoms with Gasteiger partial charge in [0.15, 0.2) is 0 Å². The van der Waals surface area contributed by atoms with Crippen molar-refractivity contribution in [1.82, 2.24) is 9.97 Å². The van der Waals surface area contributed by atoms with Gasteiger partial charge in [0.1, 0.15) is 22.4 Å². The predicted molar refractivity (Wildman–Crippen MR) is 64.1 cm³/mol. The summed E-state index contributed by atoms with van der Waals surface area (Å²) in [5, 5.41) is 15.4. The van der Waals surface area contributed by atoms with Gasteiger partial charge in [-0.05, 0) is 22.4 Å². The van der Waals surface area contributed by atoms with Gasteiger partial charge in [0.05, 0.1) is 6.10 Å². The van der Waals surface area contributed by atoms with Crippen molar-refractivity contribution in [2.45, 2.75) is 19.4 Å². The Labute approximate surface area is 97.5 Å². The van der Waals surface area contributed by atoms with Crippen molar-refractivity contribution in [3.63, 3.8) is 0 Å². The van der Waals surface area contributed by atoms with Gasteiger partial charge in [0.2, 0.25) is 0 Å². The molecule has 0 aromatic carbocycles. The molecule has 0 aliphatic heterocycles. The van der Waals surface area contributed by atoms with Crippen LogP contribution >= 0.6 is 15.9 Å². The third-order valence-corrected chi connectivity index (χ3v) is 2.75. The number of anilines is 2. The van der Waals surface area contributed by atoms with Gasteiger partial charge >= 0.3 is 0 Å². The van der Waals surface area contributed by atoms with E-state index in [2.05, 4.69) is 36.5 Å². The average Bonchev–Trinajstić information content (AvgIpc) is 2.27. The zero-order valence-electron chi connectivity index (χ0n) is 8.79. The molecule has 0 spiro atoms. The topological polar surface area (TPSA) is 70.1 Å². The summed E-state index contributed by atoms with van der Waals surface area (Å²) in [5.41, 5.74) is 0. The van der Waals surface area contributed by atoms with Gasteiger partial charge in [0.25, 0.3) is 0 Å². The largest absolute Gasteiger partial charge is 0.391 e. The van der Waals surface area contributed by atoms with Crippen molar-refractivity contribution >= 4 is 27.6 Å². The van der Waals surface area contributed by atoms with E-state index in [0.29, 0.717) is 18.8 Å². The van der Waals surface area contributed by atoms with Crippen LogP contribution in [-0.4, -0.2) is 34.8 Å². The maximum atomic E-state index is 9.40. The van der Waals surface area contributed by atoms with Gasteiger partial charge in [0, 0.05) is 13.6 Å². The Bertz CT molecular complexity index is 321. The fraction of sp³-hybridized carbons (Fsp3) is 0.556. The van der Waals surface area contributed by atoms with Crippen LogP contribution in [0.1, 0.15) is 13.3 Å². The normalized spacial score (nSPS) is 12.3. The molecule has 1 aromatic rings. The van der Waals surface area contributed by atoms with Gasteiger partial charge in [-0.15, -0.1) is 0 Å². The summed E-state index contributed by atoms with van der Waals surface area (Å²) in [5.74, 6) is 1.40. The Balaban J connectivity index is 2.68. The molecule has 6 heteroatoms. The van der Waals surface area contributed by atoms with Crippen molar-refractivity contribution in [2.75, 3.05) is 24.2 Å². The highest BCUT2D eigenvalue weighted by Crippen LogP contribution is 2.25. The molecule has 0 aliphatic rings. The number of aliphatic hydroxyl groups excluding tert-OH is 1. The maximum absolute atomic E-state index is 9.40. The first-order valence-electron chi connectivity index (χ1n) is 4.79. The second-order valence-electron chi connectivity index (χ2n) is 3.08. The number of halogens is 1.